The Morgan fingerprint density at radius 1 is 1.35 bits per heavy atom. The number of nitrogens with zero attached hydrogens (tertiary/aromatic N) is 1. The monoisotopic (exact) mass is 247 g/mol. The predicted octanol–water partition coefficient (Wildman–Crippen LogP) is 2.41. The number of rotatable bonds is 4. The molecule has 0 spiro atoms. The minimum atomic E-state index is -0.824. The highest BCUT2D eigenvalue weighted by Gasteiger charge is 2.17. The van der Waals surface area contributed by atoms with Crippen molar-refractivity contribution >= 4 is 29.4 Å². The Kier molecular flexibility index (Phi) is 3.64. The van der Waals surface area contributed by atoms with Crippen molar-refractivity contribution in [2.45, 2.75) is 6.42 Å². The molecule has 0 saturated carbocycles. The molecular weight excluding hydrogens is 234 g/mol. The molecule has 2 rings (SSSR count). The Morgan fingerprint density at radius 2 is 2.12 bits per heavy atom. The van der Waals surface area contributed by atoms with E-state index in [1.807, 2.05) is 30.3 Å². The molecule has 1 aromatic carbocycles. The molecule has 0 fully saturated rings. The number of aliphatic carboxylic acids is 1. The third-order valence-electron chi connectivity index (χ3n) is 2.77. The zero-order valence-corrected chi connectivity index (χ0v) is 10.1. The molecule has 17 heavy (non-hydrogen) atoms. The molecule has 0 aliphatic carbocycles. The summed E-state index contributed by atoms with van der Waals surface area (Å²) >= 11 is 4.07. The van der Waals surface area contributed by atoms with Crippen LogP contribution in [0.1, 0.15) is 5.69 Å². The summed E-state index contributed by atoms with van der Waals surface area (Å²) in [5.41, 5.74) is 0.824. The fraction of sp³-hybridized carbons (Fsp3) is 0.231. The molecule has 0 unspecified atom stereocenters. The number of carboxylic acid groups (broad SMARTS) is 1. The average Bonchev–Trinajstić information content (AvgIpc) is 2.35. The number of pyridine rings is 1. The molecule has 0 aliphatic heterocycles. The number of benzene rings is 1. The zero-order chi connectivity index (χ0) is 12.3. The van der Waals surface area contributed by atoms with Crippen LogP contribution in [0.15, 0.2) is 36.5 Å². The Morgan fingerprint density at radius 3 is 2.82 bits per heavy atom. The quantitative estimate of drug-likeness (QED) is 0.816. The molecule has 1 aromatic heterocycles. The number of fused-ring (bicyclic) bond motifs is 1. The lowest BCUT2D eigenvalue weighted by Crippen LogP contribution is -2.18. The summed E-state index contributed by atoms with van der Waals surface area (Å²) in [7, 11) is 0. The van der Waals surface area contributed by atoms with E-state index in [1.54, 1.807) is 6.20 Å². The van der Waals surface area contributed by atoms with Crippen LogP contribution < -0.4 is 0 Å². The fourth-order valence-electron chi connectivity index (χ4n) is 1.81. The molecular formula is C13H13NO2S. The molecule has 3 nitrogen and oxygen atoms in total. The summed E-state index contributed by atoms with van der Waals surface area (Å²) in [5, 5.41) is 11.1. The second-order valence-corrected chi connectivity index (χ2v) is 4.27. The normalized spacial score (nSPS) is 12.5. The van der Waals surface area contributed by atoms with E-state index in [-0.39, 0.29) is 0 Å². The van der Waals surface area contributed by atoms with Gasteiger partial charge in [0, 0.05) is 29.5 Å². The van der Waals surface area contributed by atoms with Crippen LogP contribution in [0, 0.1) is 5.92 Å². The summed E-state index contributed by atoms with van der Waals surface area (Å²) < 4.78 is 0. The first-order valence-electron chi connectivity index (χ1n) is 5.38. The second kappa shape index (κ2) is 5.19. The summed E-state index contributed by atoms with van der Waals surface area (Å²) in [4.78, 5) is 15.3. The maximum atomic E-state index is 11.0. The van der Waals surface area contributed by atoms with Crippen molar-refractivity contribution in [3.05, 3.63) is 42.2 Å². The van der Waals surface area contributed by atoms with Gasteiger partial charge in [-0.05, 0) is 11.5 Å². The van der Waals surface area contributed by atoms with E-state index < -0.39 is 11.9 Å². The highest BCUT2D eigenvalue weighted by Crippen LogP contribution is 2.19. The van der Waals surface area contributed by atoms with E-state index in [9.17, 15) is 4.79 Å². The predicted molar refractivity (Wildman–Crippen MR) is 70.4 cm³/mol. The lowest BCUT2D eigenvalue weighted by atomic mass is 10.0. The Balaban J connectivity index is 2.38. The van der Waals surface area contributed by atoms with Crippen molar-refractivity contribution in [3.63, 3.8) is 0 Å². The highest BCUT2D eigenvalue weighted by atomic mass is 32.1. The molecule has 0 saturated heterocycles. The summed E-state index contributed by atoms with van der Waals surface area (Å²) in [6.45, 7) is 0. The van der Waals surface area contributed by atoms with Gasteiger partial charge in [0.2, 0.25) is 0 Å². The molecule has 1 heterocycles. The molecule has 2 aromatic rings. The van der Waals surface area contributed by atoms with Gasteiger partial charge in [-0.3, -0.25) is 9.78 Å². The standard InChI is InChI=1S/C13H13NO2S/c15-13(16)10(8-17)7-12-11-4-2-1-3-9(11)5-6-14-12/h1-6,10,17H,7-8H2,(H,15,16)/t10-/m1/s1. The fourth-order valence-corrected chi connectivity index (χ4v) is 2.09. The molecule has 0 aliphatic rings. The SMILES string of the molecule is O=C(O)[C@@H](CS)Cc1nccc2ccccc12. The van der Waals surface area contributed by atoms with Gasteiger partial charge < -0.3 is 5.11 Å². The number of carboxylic acids is 1. The van der Waals surface area contributed by atoms with Crippen LogP contribution in [-0.2, 0) is 11.2 Å². The number of carbonyl (C=O) groups is 1. The third kappa shape index (κ3) is 2.58. The van der Waals surface area contributed by atoms with Crippen molar-refractivity contribution < 1.29 is 9.90 Å². The van der Waals surface area contributed by atoms with Crippen LogP contribution in [0.2, 0.25) is 0 Å². The van der Waals surface area contributed by atoms with Gasteiger partial charge in [0.05, 0.1) is 5.92 Å². The van der Waals surface area contributed by atoms with Crippen LogP contribution in [0.25, 0.3) is 10.8 Å². The second-order valence-electron chi connectivity index (χ2n) is 3.90. The van der Waals surface area contributed by atoms with Gasteiger partial charge in [-0.15, -0.1) is 0 Å². The maximum absolute atomic E-state index is 11.0. The van der Waals surface area contributed by atoms with Gasteiger partial charge in [0.1, 0.15) is 0 Å². The van der Waals surface area contributed by atoms with Gasteiger partial charge in [0.15, 0.2) is 0 Å². The summed E-state index contributed by atoms with van der Waals surface area (Å²) in [5.74, 6) is -0.994. The molecule has 0 bridgehead atoms. The van der Waals surface area contributed by atoms with Crippen molar-refractivity contribution in [3.8, 4) is 0 Å². The van der Waals surface area contributed by atoms with E-state index in [4.69, 9.17) is 5.11 Å². The van der Waals surface area contributed by atoms with Gasteiger partial charge in [-0.2, -0.15) is 12.6 Å². The minimum absolute atomic E-state index is 0.320. The van der Waals surface area contributed by atoms with Crippen molar-refractivity contribution in [1.82, 2.24) is 4.98 Å². The van der Waals surface area contributed by atoms with Crippen LogP contribution in [0.4, 0.5) is 0 Å². The average molecular weight is 247 g/mol. The zero-order valence-electron chi connectivity index (χ0n) is 9.21. The number of aromatic nitrogens is 1. The van der Waals surface area contributed by atoms with E-state index in [0.717, 1.165) is 16.5 Å². The van der Waals surface area contributed by atoms with E-state index >= 15 is 0 Å². The van der Waals surface area contributed by atoms with Gasteiger partial charge >= 0.3 is 5.97 Å². The molecule has 88 valence electrons. The first kappa shape index (κ1) is 11.9. The summed E-state index contributed by atoms with van der Waals surface area (Å²) in [6.07, 6.45) is 2.13. The molecule has 0 amide bonds. The topological polar surface area (TPSA) is 50.2 Å². The molecule has 1 atom stereocenters. The number of hydrogen-bond acceptors (Lipinski definition) is 3. The van der Waals surface area contributed by atoms with Gasteiger partial charge in [-0.25, -0.2) is 0 Å². The largest absolute Gasteiger partial charge is 0.481 e. The van der Waals surface area contributed by atoms with Crippen LogP contribution in [0.3, 0.4) is 0 Å². The van der Waals surface area contributed by atoms with Crippen LogP contribution in [0.5, 0.6) is 0 Å². The minimum Gasteiger partial charge on any atom is -0.481 e. The van der Waals surface area contributed by atoms with Crippen LogP contribution in [-0.4, -0.2) is 21.8 Å². The van der Waals surface area contributed by atoms with Gasteiger partial charge in [0.25, 0.3) is 0 Å². The van der Waals surface area contributed by atoms with E-state index in [0.29, 0.717) is 12.2 Å². The van der Waals surface area contributed by atoms with Crippen LogP contribution >= 0.6 is 12.6 Å². The van der Waals surface area contributed by atoms with E-state index in [2.05, 4.69) is 17.6 Å². The smallest absolute Gasteiger partial charge is 0.307 e. The first-order valence-corrected chi connectivity index (χ1v) is 6.02. The number of hydrogen-bond donors (Lipinski definition) is 2. The molecule has 0 radical (unpaired) electrons. The van der Waals surface area contributed by atoms with Gasteiger partial charge in [-0.1, -0.05) is 24.3 Å². The molecule has 4 heteroatoms. The Bertz CT molecular complexity index is 536. The first-order chi connectivity index (χ1) is 8.22. The molecule has 1 N–H and O–H groups in total. The highest BCUT2D eigenvalue weighted by molar-refractivity contribution is 7.80. The maximum Gasteiger partial charge on any atom is 0.307 e. The Hall–Kier alpha value is -1.55. The lowest BCUT2D eigenvalue weighted by molar-refractivity contribution is -0.140. The van der Waals surface area contributed by atoms with Crippen molar-refractivity contribution in [1.29, 1.82) is 0 Å². The Labute approximate surface area is 105 Å². The number of thiol groups is 1. The van der Waals surface area contributed by atoms with E-state index in [1.165, 1.54) is 0 Å². The third-order valence-corrected chi connectivity index (χ3v) is 3.21. The van der Waals surface area contributed by atoms with Crippen molar-refractivity contribution in [2.75, 3.05) is 5.75 Å². The van der Waals surface area contributed by atoms with Crippen molar-refractivity contribution in [2.24, 2.45) is 5.92 Å². The lowest BCUT2D eigenvalue weighted by Gasteiger charge is -2.10. The summed E-state index contributed by atoms with van der Waals surface area (Å²) in [6, 6.07) is 9.78.